The molecule has 0 saturated heterocycles. The first-order chi connectivity index (χ1) is 7.93. The van der Waals surface area contributed by atoms with Crippen LogP contribution in [0.15, 0.2) is 16.3 Å². The van der Waals surface area contributed by atoms with Gasteiger partial charge in [-0.25, -0.2) is 8.42 Å². The maximum absolute atomic E-state index is 12.1. The maximum Gasteiger partial charge on any atom is 0.252 e. The first-order valence-corrected chi connectivity index (χ1v) is 7.60. The Hall–Kier alpha value is -0.540. The van der Waals surface area contributed by atoms with Gasteiger partial charge < -0.3 is 10.8 Å². The molecule has 0 aliphatic carbocycles. The molecule has 0 atom stereocenters. The van der Waals surface area contributed by atoms with Crippen LogP contribution in [0.3, 0.4) is 0 Å². The molecule has 96 valence electrons. The van der Waals surface area contributed by atoms with Crippen LogP contribution in [-0.4, -0.2) is 42.5 Å². The summed E-state index contributed by atoms with van der Waals surface area (Å²) in [6.07, 6.45) is 0. The van der Waals surface area contributed by atoms with Gasteiger partial charge in [-0.05, 0) is 12.1 Å². The van der Waals surface area contributed by atoms with Crippen molar-refractivity contribution in [2.45, 2.75) is 11.1 Å². The number of nitrogens with two attached hydrogens (primary N) is 1. The molecular formula is C9H14N2O3S3. The van der Waals surface area contributed by atoms with Gasteiger partial charge in [0.2, 0.25) is 0 Å². The van der Waals surface area contributed by atoms with Crippen molar-refractivity contribution in [3.63, 3.8) is 0 Å². The molecule has 3 N–H and O–H groups in total. The minimum absolute atomic E-state index is 0.0825. The van der Waals surface area contributed by atoms with Crippen LogP contribution in [0.4, 0.5) is 0 Å². The third-order valence-electron chi connectivity index (χ3n) is 2.12. The fourth-order valence-electron chi connectivity index (χ4n) is 1.28. The van der Waals surface area contributed by atoms with Crippen LogP contribution in [0.1, 0.15) is 11.8 Å². The van der Waals surface area contributed by atoms with Gasteiger partial charge >= 0.3 is 0 Å². The van der Waals surface area contributed by atoms with Crippen molar-refractivity contribution in [2.75, 3.05) is 19.7 Å². The summed E-state index contributed by atoms with van der Waals surface area (Å²) < 4.78 is 25.7. The van der Waals surface area contributed by atoms with E-state index in [2.05, 4.69) is 0 Å². The number of aliphatic hydroxyl groups excluding tert-OH is 1. The van der Waals surface area contributed by atoms with Gasteiger partial charge in [-0.15, -0.1) is 11.3 Å². The van der Waals surface area contributed by atoms with Gasteiger partial charge in [-0.2, -0.15) is 4.31 Å². The highest BCUT2D eigenvalue weighted by Crippen LogP contribution is 2.24. The van der Waals surface area contributed by atoms with Gasteiger partial charge in [0.05, 0.1) is 11.5 Å². The minimum Gasteiger partial charge on any atom is -0.395 e. The van der Waals surface area contributed by atoms with Crippen molar-refractivity contribution < 1.29 is 13.5 Å². The van der Waals surface area contributed by atoms with Crippen molar-refractivity contribution >= 4 is 38.6 Å². The molecule has 5 nitrogen and oxygen atoms in total. The number of rotatable bonds is 6. The van der Waals surface area contributed by atoms with E-state index in [1.165, 1.54) is 10.4 Å². The summed E-state index contributed by atoms with van der Waals surface area (Å²) in [4.78, 5) is 0.750. The molecule has 0 aliphatic heterocycles. The standard InChI is InChI=1S/C9H14N2O3S3/c1-2-11(5-6-12)17(13,14)8-4-3-7(16-8)9(10)15/h3-4,12H,2,5-6H2,1H3,(H2,10,15). The van der Waals surface area contributed by atoms with E-state index < -0.39 is 10.0 Å². The zero-order chi connectivity index (χ0) is 13.1. The summed E-state index contributed by atoms with van der Waals surface area (Å²) in [5.74, 6) is 0. The number of thiocarbonyl (C=S) groups is 1. The number of likely N-dealkylation sites (N-methyl/N-ethyl adjacent to an activating group) is 1. The lowest BCUT2D eigenvalue weighted by Crippen LogP contribution is -2.32. The second-order valence-corrected chi connectivity index (χ2v) is 6.89. The molecule has 0 bridgehead atoms. The van der Waals surface area contributed by atoms with Crippen LogP contribution in [0.5, 0.6) is 0 Å². The highest BCUT2D eigenvalue weighted by Gasteiger charge is 2.24. The topological polar surface area (TPSA) is 83.6 Å². The molecule has 0 aliphatic rings. The Labute approximate surface area is 110 Å². The first kappa shape index (κ1) is 14.5. The second kappa shape index (κ2) is 5.87. The number of thiophene rings is 1. The molecule has 8 heteroatoms. The lowest BCUT2D eigenvalue weighted by Gasteiger charge is -2.17. The minimum atomic E-state index is -3.55. The fourth-order valence-corrected chi connectivity index (χ4v) is 4.22. The van der Waals surface area contributed by atoms with E-state index in [9.17, 15) is 8.42 Å². The van der Waals surface area contributed by atoms with E-state index in [-0.39, 0.29) is 22.3 Å². The van der Waals surface area contributed by atoms with E-state index in [1.54, 1.807) is 13.0 Å². The Morgan fingerprint density at radius 3 is 2.65 bits per heavy atom. The van der Waals surface area contributed by atoms with Crippen molar-refractivity contribution in [3.8, 4) is 0 Å². The predicted octanol–water partition coefficient (Wildman–Crippen LogP) is 0.385. The smallest absolute Gasteiger partial charge is 0.252 e. The number of sulfonamides is 1. The van der Waals surface area contributed by atoms with Crippen LogP contribution < -0.4 is 5.73 Å². The molecule has 0 saturated carbocycles. The van der Waals surface area contributed by atoms with E-state index >= 15 is 0 Å². The van der Waals surface area contributed by atoms with Crippen molar-refractivity contribution in [2.24, 2.45) is 5.73 Å². The van der Waals surface area contributed by atoms with E-state index in [0.717, 1.165) is 11.3 Å². The highest BCUT2D eigenvalue weighted by atomic mass is 32.2. The van der Waals surface area contributed by atoms with E-state index in [4.69, 9.17) is 23.1 Å². The number of hydrogen-bond donors (Lipinski definition) is 2. The summed E-state index contributed by atoms with van der Waals surface area (Å²) in [6.45, 7) is 1.90. The molecule has 1 aromatic heterocycles. The van der Waals surface area contributed by atoms with Crippen LogP contribution in [0.25, 0.3) is 0 Å². The zero-order valence-electron chi connectivity index (χ0n) is 9.29. The van der Waals surface area contributed by atoms with E-state index in [0.29, 0.717) is 11.4 Å². The Morgan fingerprint density at radius 1 is 1.59 bits per heavy atom. The lowest BCUT2D eigenvalue weighted by molar-refractivity contribution is 0.257. The summed E-state index contributed by atoms with van der Waals surface area (Å²) >= 11 is 5.82. The molecule has 17 heavy (non-hydrogen) atoms. The second-order valence-electron chi connectivity index (χ2n) is 3.20. The van der Waals surface area contributed by atoms with Crippen molar-refractivity contribution in [1.29, 1.82) is 0 Å². The third-order valence-corrected chi connectivity index (χ3v) is 6.03. The van der Waals surface area contributed by atoms with Crippen LogP contribution >= 0.6 is 23.6 Å². The molecule has 0 amide bonds. The average Bonchev–Trinajstić information content (AvgIpc) is 2.75. The maximum atomic E-state index is 12.1. The van der Waals surface area contributed by atoms with Gasteiger partial charge in [0.25, 0.3) is 10.0 Å². The Kier molecular flexibility index (Phi) is 5.02. The van der Waals surface area contributed by atoms with Crippen molar-refractivity contribution in [3.05, 3.63) is 17.0 Å². The molecule has 1 rings (SSSR count). The SMILES string of the molecule is CCN(CCO)S(=O)(=O)c1ccc(C(N)=S)s1. The zero-order valence-corrected chi connectivity index (χ0v) is 11.7. The molecule has 0 radical (unpaired) electrons. The van der Waals surface area contributed by atoms with Gasteiger partial charge in [0.15, 0.2) is 0 Å². The monoisotopic (exact) mass is 294 g/mol. The summed E-state index contributed by atoms with van der Waals surface area (Å²) in [6, 6.07) is 3.07. The summed E-state index contributed by atoms with van der Waals surface area (Å²) in [5.41, 5.74) is 5.43. The molecule has 0 fully saturated rings. The normalized spacial score (nSPS) is 11.9. The van der Waals surface area contributed by atoms with Gasteiger partial charge in [-0.3, -0.25) is 0 Å². The van der Waals surface area contributed by atoms with Gasteiger partial charge in [-0.1, -0.05) is 19.1 Å². The lowest BCUT2D eigenvalue weighted by atomic mass is 10.5. The Balaban J connectivity index is 3.07. The van der Waals surface area contributed by atoms with Crippen LogP contribution in [0, 0.1) is 0 Å². The molecular weight excluding hydrogens is 280 g/mol. The molecule has 0 aromatic carbocycles. The number of nitrogens with zero attached hydrogens (tertiary/aromatic N) is 1. The van der Waals surface area contributed by atoms with Gasteiger partial charge in [0, 0.05) is 13.1 Å². The molecule has 0 spiro atoms. The average molecular weight is 294 g/mol. The first-order valence-electron chi connectivity index (χ1n) is 4.94. The number of hydrogen-bond acceptors (Lipinski definition) is 5. The Bertz CT molecular complexity index is 495. The predicted molar refractivity (Wildman–Crippen MR) is 71.7 cm³/mol. The fraction of sp³-hybridized carbons (Fsp3) is 0.444. The number of aliphatic hydroxyl groups is 1. The largest absolute Gasteiger partial charge is 0.395 e. The van der Waals surface area contributed by atoms with E-state index in [1.807, 2.05) is 0 Å². The molecule has 1 heterocycles. The highest BCUT2D eigenvalue weighted by molar-refractivity contribution is 7.91. The molecule has 0 unspecified atom stereocenters. The van der Waals surface area contributed by atoms with Gasteiger partial charge in [0.1, 0.15) is 9.20 Å². The third kappa shape index (κ3) is 3.23. The van der Waals surface area contributed by atoms with Crippen LogP contribution in [0.2, 0.25) is 0 Å². The Morgan fingerprint density at radius 2 is 2.24 bits per heavy atom. The summed E-state index contributed by atoms with van der Waals surface area (Å²) in [5, 5.41) is 8.83. The summed E-state index contributed by atoms with van der Waals surface area (Å²) in [7, 11) is -3.55. The molecule has 1 aromatic rings. The quantitative estimate of drug-likeness (QED) is 0.741. The van der Waals surface area contributed by atoms with Crippen molar-refractivity contribution in [1.82, 2.24) is 4.31 Å². The van der Waals surface area contributed by atoms with Crippen LogP contribution in [-0.2, 0) is 10.0 Å².